The fourth-order valence-corrected chi connectivity index (χ4v) is 3.70. The van der Waals surface area contributed by atoms with Crippen molar-refractivity contribution in [3.8, 4) is 17.0 Å². The predicted octanol–water partition coefficient (Wildman–Crippen LogP) is 2.69. The summed E-state index contributed by atoms with van der Waals surface area (Å²) in [4.78, 5) is 27.5. The molecule has 2 aromatic carbocycles. The summed E-state index contributed by atoms with van der Waals surface area (Å²) in [7, 11) is 0. The van der Waals surface area contributed by atoms with E-state index in [9.17, 15) is 14.7 Å². The first kappa shape index (κ1) is 16.2. The van der Waals surface area contributed by atoms with Crippen molar-refractivity contribution in [2.45, 2.75) is 5.21 Å². The number of phenolic OH excluding ortho intramolecular Hbond substituents is 1. The number of rotatable bonds is 5. The quantitative estimate of drug-likeness (QED) is 0.662. The fraction of sp³-hybridized carbons (Fsp3) is 0.0556. The van der Waals surface area contributed by atoms with Crippen molar-refractivity contribution < 1.29 is 19.8 Å². The minimum absolute atomic E-state index is 0.0954. The maximum atomic E-state index is 12.3. The number of pyridine rings is 1. The van der Waals surface area contributed by atoms with Gasteiger partial charge in [0.1, 0.15) is 0 Å². The van der Waals surface area contributed by atoms with Crippen molar-refractivity contribution in [1.82, 2.24) is 4.98 Å². The van der Waals surface area contributed by atoms with E-state index in [2.05, 4.69) is 4.98 Å². The van der Waals surface area contributed by atoms with Crippen molar-refractivity contribution in [2.24, 2.45) is 0 Å². The van der Waals surface area contributed by atoms with Gasteiger partial charge in [-0.25, -0.2) is 0 Å². The first-order valence-corrected chi connectivity index (χ1v) is 9.77. The molecule has 3 aromatic rings. The Hall–Kier alpha value is -2.65. The zero-order valence-corrected chi connectivity index (χ0v) is 14.7. The maximum absolute atomic E-state index is 12.3. The van der Waals surface area contributed by atoms with E-state index in [1.54, 1.807) is 30.3 Å². The molecule has 0 radical (unpaired) electrons. The van der Waals surface area contributed by atoms with Crippen LogP contribution in [-0.2, 0) is 4.79 Å². The van der Waals surface area contributed by atoms with E-state index < -0.39 is 21.7 Å². The minimum atomic E-state index is -1.29. The normalized spacial score (nSPS) is 11.2. The summed E-state index contributed by atoms with van der Waals surface area (Å²) in [5.41, 5.74) is 1.74. The third-order valence-electron chi connectivity index (χ3n) is 3.51. The van der Waals surface area contributed by atoms with Crippen LogP contribution in [0.3, 0.4) is 0 Å². The average Bonchev–Trinajstić information content (AvgIpc) is 2.59. The van der Waals surface area contributed by atoms with E-state index >= 15 is 0 Å². The van der Waals surface area contributed by atoms with Gasteiger partial charge in [0.05, 0.1) is 0 Å². The molecule has 0 amide bonds. The van der Waals surface area contributed by atoms with E-state index in [1.807, 2.05) is 24.3 Å². The third-order valence-corrected chi connectivity index (χ3v) is 5.73. The van der Waals surface area contributed by atoms with E-state index in [4.69, 9.17) is 5.11 Å². The van der Waals surface area contributed by atoms with E-state index in [0.29, 0.717) is 11.4 Å². The number of aromatic nitrogens is 1. The van der Waals surface area contributed by atoms with Gasteiger partial charge in [-0.3, -0.25) is 0 Å². The molecule has 1 aromatic heterocycles. The first-order chi connectivity index (χ1) is 11.5. The van der Waals surface area contributed by atoms with Crippen LogP contribution in [0.15, 0.2) is 54.6 Å². The van der Waals surface area contributed by atoms with Gasteiger partial charge in [-0.15, -0.1) is 0 Å². The summed E-state index contributed by atoms with van der Waals surface area (Å²) in [5, 5.41) is 19.9. The molecule has 5 nitrogen and oxygen atoms in total. The van der Waals surface area contributed by atoms with Gasteiger partial charge in [-0.2, -0.15) is 0 Å². The average molecular weight is 383 g/mol. The standard InChI is InChI=1S/C18H14AsNO4/c21-13-7-5-11(6-8-13)17-14-4-2-1-3-12(14)9-15(20-17)18(24)19-10-16(22)23/h1-9,19,21H,10H2,(H,22,23). The zero-order chi connectivity index (χ0) is 17.1. The van der Waals surface area contributed by atoms with E-state index in [1.165, 1.54) is 0 Å². The number of aromatic hydroxyl groups is 1. The van der Waals surface area contributed by atoms with Crippen LogP contribution < -0.4 is 0 Å². The molecule has 0 saturated carbocycles. The summed E-state index contributed by atoms with van der Waals surface area (Å²) in [6.45, 7) is 0. The van der Waals surface area contributed by atoms with Gasteiger partial charge in [-0.1, -0.05) is 0 Å². The van der Waals surface area contributed by atoms with Crippen molar-refractivity contribution >= 4 is 37.1 Å². The molecule has 0 bridgehead atoms. The molecule has 0 aliphatic carbocycles. The van der Waals surface area contributed by atoms with Crippen molar-refractivity contribution in [1.29, 1.82) is 0 Å². The molecule has 3 rings (SSSR count). The summed E-state index contributed by atoms with van der Waals surface area (Å²) >= 11 is -1.29. The number of phenols is 1. The van der Waals surface area contributed by atoms with Crippen LogP contribution >= 0.6 is 0 Å². The Labute approximate surface area is 144 Å². The molecule has 6 heteroatoms. The van der Waals surface area contributed by atoms with Crippen LogP contribution in [0.2, 0.25) is 5.21 Å². The SMILES string of the molecule is O=C(O)C[AsH]C(=O)c1cc2ccccc2c(-c2ccc(O)cc2)n1. The number of carboxylic acid groups (broad SMARTS) is 1. The number of benzene rings is 2. The van der Waals surface area contributed by atoms with E-state index in [0.717, 1.165) is 16.3 Å². The van der Waals surface area contributed by atoms with Gasteiger partial charge in [0.15, 0.2) is 0 Å². The van der Waals surface area contributed by atoms with Gasteiger partial charge in [-0.05, 0) is 0 Å². The van der Waals surface area contributed by atoms with Gasteiger partial charge < -0.3 is 0 Å². The Bertz CT molecular complexity index is 922. The predicted molar refractivity (Wildman–Crippen MR) is 92.8 cm³/mol. The molecule has 0 aliphatic heterocycles. The Morgan fingerprint density at radius 2 is 1.75 bits per heavy atom. The molecule has 2 N–H and O–H groups in total. The number of hydrogen-bond acceptors (Lipinski definition) is 4. The molecule has 1 heterocycles. The van der Waals surface area contributed by atoms with Gasteiger partial charge >= 0.3 is 144 Å². The van der Waals surface area contributed by atoms with Gasteiger partial charge in [0.2, 0.25) is 0 Å². The first-order valence-electron chi connectivity index (χ1n) is 7.24. The van der Waals surface area contributed by atoms with Crippen molar-refractivity contribution in [2.75, 3.05) is 0 Å². The Balaban J connectivity index is 2.11. The molecule has 0 spiro atoms. The Morgan fingerprint density at radius 3 is 2.46 bits per heavy atom. The van der Waals surface area contributed by atoms with Crippen LogP contribution in [0.4, 0.5) is 0 Å². The zero-order valence-electron chi connectivity index (χ0n) is 12.6. The molecule has 1 unspecified atom stereocenters. The number of aliphatic carboxylic acids is 1. The number of carbonyl (C=O) groups excluding carboxylic acids is 1. The van der Waals surface area contributed by atoms with Crippen molar-refractivity contribution in [3.63, 3.8) is 0 Å². The molecule has 0 fully saturated rings. The number of carboxylic acids is 1. The second-order valence-electron chi connectivity index (χ2n) is 5.20. The number of fused-ring (bicyclic) bond motifs is 1. The molecular weight excluding hydrogens is 369 g/mol. The molecular formula is C18H14AsNO4. The van der Waals surface area contributed by atoms with Crippen molar-refractivity contribution in [3.05, 3.63) is 60.3 Å². The van der Waals surface area contributed by atoms with E-state index in [-0.39, 0.29) is 15.5 Å². The summed E-state index contributed by atoms with van der Waals surface area (Å²) < 4.78 is -0.178. The topological polar surface area (TPSA) is 87.5 Å². The summed E-state index contributed by atoms with van der Waals surface area (Å²) in [6, 6.07) is 15.9. The molecule has 120 valence electrons. The van der Waals surface area contributed by atoms with Crippen LogP contribution in [0.5, 0.6) is 5.75 Å². The number of nitrogens with zero attached hydrogens (tertiary/aromatic N) is 1. The van der Waals surface area contributed by atoms with Crippen LogP contribution in [0.25, 0.3) is 22.0 Å². The third kappa shape index (κ3) is 3.47. The number of carbonyl (C=O) groups is 2. The Morgan fingerprint density at radius 1 is 1.04 bits per heavy atom. The van der Waals surface area contributed by atoms with Crippen LogP contribution in [0, 0.1) is 0 Å². The van der Waals surface area contributed by atoms with Gasteiger partial charge in [0, 0.05) is 0 Å². The molecule has 0 saturated heterocycles. The second kappa shape index (κ2) is 6.85. The summed E-state index contributed by atoms with van der Waals surface area (Å²) in [5.74, 6) is -0.800. The molecule has 24 heavy (non-hydrogen) atoms. The van der Waals surface area contributed by atoms with Crippen LogP contribution in [-0.4, -0.2) is 41.5 Å². The van der Waals surface area contributed by atoms with Crippen LogP contribution in [0.1, 0.15) is 10.5 Å². The summed E-state index contributed by atoms with van der Waals surface area (Å²) in [6.07, 6.45) is 0. The molecule has 1 atom stereocenters. The molecule has 0 aliphatic rings. The monoisotopic (exact) mass is 383 g/mol. The van der Waals surface area contributed by atoms with Gasteiger partial charge in [0.25, 0.3) is 0 Å². The number of hydrogen-bond donors (Lipinski definition) is 2. The fourth-order valence-electron chi connectivity index (χ4n) is 2.40. The Kier molecular flexibility index (Phi) is 4.63. The second-order valence-corrected chi connectivity index (χ2v) is 7.64.